The fourth-order valence-electron chi connectivity index (χ4n) is 2.92. The minimum Gasteiger partial charge on any atom is -0.465 e. The van der Waals surface area contributed by atoms with E-state index >= 15 is 0 Å². The number of amides is 1. The predicted molar refractivity (Wildman–Crippen MR) is 82.8 cm³/mol. The van der Waals surface area contributed by atoms with E-state index in [4.69, 9.17) is 4.74 Å². The van der Waals surface area contributed by atoms with Crippen molar-refractivity contribution in [2.24, 2.45) is 17.3 Å². The van der Waals surface area contributed by atoms with Crippen molar-refractivity contribution >= 4 is 11.9 Å². The first-order valence-electron chi connectivity index (χ1n) is 7.77. The maximum Gasteiger partial charge on any atom is 0.319 e. The second-order valence-electron chi connectivity index (χ2n) is 7.19. The molecule has 1 saturated heterocycles. The van der Waals surface area contributed by atoms with Gasteiger partial charge >= 0.3 is 5.97 Å². The van der Waals surface area contributed by atoms with Gasteiger partial charge in [-0.05, 0) is 38.3 Å². The van der Waals surface area contributed by atoms with E-state index in [1.54, 1.807) is 18.9 Å². The molecule has 122 valence electrons. The number of carbonyl (C=O) groups is 2. The zero-order valence-corrected chi connectivity index (χ0v) is 14.3. The molecule has 1 heterocycles. The maximum absolute atomic E-state index is 12.7. The molecule has 5 heteroatoms. The van der Waals surface area contributed by atoms with Crippen molar-refractivity contribution in [3.05, 3.63) is 0 Å². The molecule has 0 aromatic rings. The maximum atomic E-state index is 12.7. The summed E-state index contributed by atoms with van der Waals surface area (Å²) in [7, 11) is 3.89. The van der Waals surface area contributed by atoms with Crippen LogP contribution in [0.25, 0.3) is 0 Å². The molecule has 0 aromatic heterocycles. The van der Waals surface area contributed by atoms with Gasteiger partial charge in [0.1, 0.15) is 5.92 Å². The third-order valence-corrected chi connectivity index (χ3v) is 4.03. The lowest BCUT2D eigenvalue weighted by Crippen LogP contribution is -2.45. The molecule has 1 aliphatic heterocycles. The van der Waals surface area contributed by atoms with E-state index in [2.05, 4.69) is 11.9 Å². The van der Waals surface area contributed by atoms with Crippen LogP contribution < -0.4 is 0 Å². The van der Waals surface area contributed by atoms with Crippen LogP contribution >= 0.6 is 0 Å². The summed E-state index contributed by atoms with van der Waals surface area (Å²) in [6.07, 6.45) is 1.10. The fraction of sp³-hybridized carbons (Fsp3) is 0.875. The van der Waals surface area contributed by atoms with Crippen LogP contribution in [0.2, 0.25) is 0 Å². The predicted octanol–water partition coefficient (Wildman–Crippen LogP) is 1.62. The van der Waals surface area contributed by atoms with Gasteiger partial charge in [0.15, 0.2) is 0 Å². The second kappa shape index (κ2) is 7.25. The van der Waals surface area contributed by atoms with Crippen LogP contribution in [0.5, 0.6) is 0 Å². The standard InChI is InChI=1S/C16H30N2O3/c1-7-21-15(20)13(16(2,3)4)14(19)18(6)11-12-8-9-17(5)10-12/h12-13H,7-11H2,1-6H3. The highest BCUT2D eigenvalue weighted by Crippen LogP contribution is 2.29. The largest absolute Gasteiger partial charge is 0.465 e. The molecule has 5 nitrogen and oxygen atoms in total. The molecule has 2 atom stereocenters. The Morgan fingerprint density at radius 3 is 2.43 bits per heavy atom. The number of carbonyl (C=O) groups excluding carboxylic acids is 2. The highest BCUT2D eigenvalue weighted by atomic mass is 16.5. The van der Waals surface area contributed by atoms with Gasteiger partial charge in [-0.2, -0.15) is 0 Å². The van der Waals surface area contributed by atoms with Gasteiger partial charge in [0, 0.05) is 20.1 Å². The van der Waals surface area contributed by atoms with Gasteiger partial charge in [-0.1, -0.05) is 20.8 Å². The SMILES string of the molecule is CCOC(=O)C(C(=O)N(C)CC1CCN(C)C1)C(C)(C)C. The zero-order valence-electron chi connectivity index (χ0n) is 14.3. The topological polar surface area (TPSA) is 49.9 Å². The summed E-state index contributed by atoms with van der Waals surface area (Å²) in [5.74, 6) is -0.783. The summed E-state index contributed by atoms with van der Waals surface area (Å²) in [5, 5.41) is 0. The highest BCUT2D eigenvalue weighted by Gasteiger charge is 2.40. The van der Waals surface area contributed by atoms with Crippen molar-refractivity contribution in [2.75, 3.05) is 40.3 Å². The molecule has 0 saturated carbocycles. The minimum absolute atomic E-state index is 0.129. The number of hydrogen-bond donors (Lipinski definition) is 0. The Balaban J connectivity index is 2.73. The average molecular weight is 298 g/mol. The summed E-state index contributed by atoms with van der Waals surface area (Å²) in [4.78, 5) is 28.8. The lowest BCUT2D eigenvalue weighted by atomic mass is 9.79. The molecule has 1 aliphatic rings. The van der Waals surface area contributed by atoms with Crippen molar-refractivity contribution in [1.82, 2.24) is 9.80 Å². The second-order valence-corrected chi connectivity index (χ2v) is 7.19. The molecule has 1 rings (SSSR count). The summed E-state index contributed by atoms with van der Waals surface area (Å²) in [5.41, 5.74) is -0.440. The van der Waals surface area contributed by atoms with Gasteiger partial charge in [0.25, 0.3) is 0 Å². The van der Waals surface area contributed by atoms with Crippen molar-refractivity contribution in [3.8, 4) is 0 Å². The van der Waals surface area contributed by atoms with E-state index in [1.165, 1.54) is 0 Å². The third-order valence-electron chi connectivity index (χ3n) is 4.03. The number of likely N-dealkylation sites (tertiary alicyclic amines) is 1. The van der Waals surface area contributed by atoms with Crippen LogP contribution in [-0.2, 0) is 14.3 Å². The van der Waals surface area contributed by atoms with Crippen molar-refractivity contribution in [3.63, 3.8) is 0 Å². The normalized spacial score (nSPS) is 21.1. The van der Waals surface area contributed by atoms with Gasteiger partial charge in [-0.3, -0.25) is 9.59 Å². The number of nitrogens with zero attached hydrogens (tertiary/aromatic N) is 2. The van der Waals surface area contributed by atoms with Crippen LogP contribution in [0.15, 0.2) is 0 Å². The first kappa shape index (κ1) is 18.0. The quantitative estimate of drug-likeness (QED) is 0.572. The first-order valence-corrected chi connectivity index (χ1v) is 7.77. The number of esters is 1. The van der Waals surface area contributed by atoms with Crippen molar-refractivity contribution < 1.29 is 14.3 Å². The Bertz CT molecular complexity index is 376. The van der Waals surface area contributed by atoms with Crippen LogP contribution in [0.3, 0.4) is 0 Å². The molecular formula is C16H30N2O3. The van der Waals surface area contributed by atoms with E-state index in [1.807, 2.05) is 20.8 Å². The average Bonchev–Trinajstić information content (AvgIpc) is 2.73. The molecule has 1 fully saturated rings. The molecule has 0 aromatic carbocycles. The summed E-state index contributed by atoms with van der Waals surface area (Å²) in [6, 6.07) is 0. The molecule has 21 heavy (non-hydrogen) atoms. The Kier molecular flexibility index (Phi) is 6.20. The van der Waals surface area contributed by atoms with Crippen LogP contribution in [0.1, 0.15) is 34.1 Å². The monoisotopic (exact) mass is 298 g/mol. The molecule has 0 N–H and O–H groups in total. The Morgan fingerprint density at radius 1 is 1.38 bits per heavy atom. The summed E-state index contributed by atoms with van der Waals surface area (Å²) in [6.45, 7) is 10.6. The summed E-state index contributed by atoms with van der Waals surface area (Å²) >= 11 is 0. The number of hydrogen-bond acceptors (Lipinski definition) is 4. The van der Waals surface area contributed by atoms with Crippen molar-refractivity contribution in [1.29, 1.82) is 0 Å². The molecule has 1 amide bonds. The van der Waals surface area contributed by atoms with Crippen LogP contribution in [0, 0.1) is 17.3 Å². The molecule has 0 radical (unpaired) electrons. The van der Waals surface area contributed by atoms with Crippen LogP contribution in [-0.4, -0.2) is 62.0 Å². The molecular weight excluding hydrogens is 268 g/mol. The Labute approximate surface area is 128 Å². The van der Waals surface area contributed by atoms with Gasteiger partial charge in [-0.15, -0.1) is 0 Å². The van der Waals surface area contributed by atoms with Gasteiger partial charge < -0.3 is 14.5 Å². The molecule has 0 bridgehead atoms. The minimum atomic E-state index is -0.735. The fourth-order valence-corrected chi connectivity index (χ4v) is 2.92. The number of rotatable bonds is 5. The Morgan fingerprint density at radius 2 is 2.00 bits per heavy atom. The first-order chi connectivity index (χ1) is 9.66. The van der Waals surface area contributed by atoms with E-state index in [-0.39, 0.29) is 5.91 Å². The van der Waals surface area contributed by atoms with E-state index in [0.717, 1.165) is 19.5 Å². The third kappa shape index (κ3) is 4.99. The molecule has 0 aliphatic carbocycles. The lowest BCUT2D eigenvalue weighted by molar-refractivity contribution is -0.160. The van der Waals surface area contributed by atoms with Gasteiger partial charge in [0.2, 0.25) is 5.91 Å². The number of ether oxygens (including phenoxy) is 1. The van der Waals surface area contributed by atoms with E-state index in [9.17, 15) is 9.59 Å². The van der Waals surface area contributed by atoms with Gasteiger partial charge in [-0.25, -0.2) is 0 Å². The lowest BCUT2D eigenvalue weighted by Gasteiger charge is -2.32. The zero-order chi connectivity index (χ0) is 16.2. The highest BCUT2D eigenvalue weighted by molar-refractivity contribution is 5.98. The van der Waals surface area contributed by atoms with Crippen molar-refractivity contribution in [2.45, 2.75) is 34.1 Å². The van der Waals surface area contributed by atoms with Crippen LogP contribution in [0.4, 0.5) is 0 Å². The van der Waals surface area contributed by atoms with E-state index in [0.29, 0.717) is 19.1 Å². The van der Waals surface area contributed by atoms with Gasteiger partial charge in [0.05, 0.1) is 6.61 Å². The summed E-state index contributed by atoms with van der Waals surface area (Å²) < 4.78 is 5.09. The van der Waals surface area contributed by atoms with E-state index < -0.39 is 17.3 Å². The Hall–Kier alpha value is -1.10. The molecule has 2 unspecified atom stereocenters. The molecule has 0 spiro atoms. The smallest absolute Gasteiger partial charge is 0.319 e.